The van der Waals surface area contributed by atoms with Gasteiger partial charge < -0.3 is 15.5 Å². The number of rotatable bonds is 6. The summed E-state index contributed by atoms with van der Waals surface area (Å²) in [7, 11) is 0. The highest BCUT2D eigenvalue weighted by Crippen LogP contribution is 2.17. The second-order valence-corrected chi connectivity index (χ2v) is 6.72. The second kappa shape index (κ2) is 8.49. The minimum absolute atomic E-state index is 0.110. The van der Waals surface area contributed by atoms with Gasteiger partial charge in [0.1, 0.15) is 0 Å². The van der Waals surface area contributed by atoms with E-state index in [0.717, 1.165) is 24.1 Å². The van der Waals surface area contributed by atoms with Crippen molar-refractivity contribution in [3.05, 3.63) is 65.2 Å². The molecule has 3 amide bonds. The van der Waals surface area contributed by atoms with Gasteiger partial charge in [-0.05, 0) is 43.2 Å². The number of likely N-dealkylation sites (tertiary alicyclic amines) is 1. The summed E-state index contributed by atoms with van der Waals surface area (Å²) in [5.74, 6) is -0.413. The Bertz CT molecular complexity index is 863. The van der Waals surface area contributed by atoms with Gasteiger partial charge in [0.05, 0.1) is 6.54 Å². The summed E-state index contributed by atoms with van der Waals surface area (Å²) in [6.07, 6.45) is 1.51. The minimum Gasteiger partial charge on any atom is -0.343 e. The van der Waals surface area contributed by atoms with E-state index in [9.17, 15) is 14.4 Å². The van der Waals surface area contributed by atoms with E-state index < -0.39 is 0 Å². The molecule has 0 bridgehead atoms. The Balaban J connectivity index is 1.52. The predicted octanol–water partition coefficient (Wildman–Crippen LogP) is 2.49. The van der Waals surface area contributed by atoms with Crippen molar-refractivity contribution in [2.24, 2.45) is 0 Å². The Morgan fingerprint density at radius 3 is 2.67 bits per heavy atom. The zero-order valence-electron chi connectivity index (χ0n) is 15.3. The number of nitrogens with one attached hydrogen (secondary N) is 2. The predicted molar refractivity (Wildman–Crippen MR) is 103 cm³/mol. The van der Waals surface area contributed by atoms with Crippen LogP contribution in [-0.4, -0.2) is 35.7 Å². The zero-order chi connectivity index (χ0) is 19.2. The standard InChI is InChI=1S/C21H23N3O3/c1-15-5-2-7-17(11-15)21(27)22-13-19(25)23-18-8-3-6-16(12-18)14-24-10-4-9-20(24)26/h2-3,5-8,11-12H,4,9-10,13-14H2,1H3,(H,22,27)(H,23,25). The summed E-state index contributed by atoms with van der Waals surface area (Å²) in [6.45, 7) is 3.13. The molecule has 0 atom stereocenters. The number of amides is 3. The summed E-state index contributed by atoms with van der Waals surface area (Å²) in [6, 6.07) is 14.6. The van der Waals surface area contributed by atoms with Crippen LogP contribution in [-0.2, 0) is 16.1 Å². The second-order valence-electron chi connectivity index (χ2n) is 6.72. The van der Waals surface area contributed by atoms with E-state index in [-0.39, 0.29) is 24.3 Å². The summed E-state index contributed by atoms with van der Waals surface area (Å²) < 4.78 is 0. The van der Waals surface area contributed by atoms with Crippen molar-refractivity contribution in [2.45, 2.75) is 26.3 Å². The number of hydrogen-bond donors (Lipinski definition) is 2. The van der Waals surface area contributed by atoms with Crippen molar-refractivity contribution in [3.63, 3.8) is 0 Å². The molecule has 3 rings (SSSR count). The Kier molecular flexibility index (Phi) is 5.86. The number of aryl methyl sites for hydroxylation is 1. The van der Waals surface area contributed by atoms with Gasteiger partial charge in [-0.2, -0.15) is 0 Å². The molecule has 0 unspecified atom stereocenters. The molecule has 2 N–H and O–H groups in total. The molecule has 2 aromatic rings. The maximum atomic E-state index is 12.1. The average Bonchev–Trinajstić information content (AvgIpc) is 3.04. The third-order valence-corrected chi connectivity index (χ3v) is 4.45. The quantitative estimate of drug-likeness (QED) is 0.825. The van der Waals surface area contributed by atoms with E-state index in [0.29, 0.717) is 24.2 Å². The van der Waals surface area contributed by atoms with Gasteiger partial charge in [0.25, 0.3) is 5.91 Å². The molecule has 6 nitrogen and oxygen atoms in total. The number of nitrogens with zero attached hydrogens (tertiary/aromatic N) is 1. The van der Waals surface area contributed by atoms with Gasteiger partial charge in [-0.3, -0.25) is 14.4 Å². The third kappa shape index (κ3) is 5.17. The lowest BCUT2D eigenvalue weighted by molar-refractivity contribution is -0.128. The molecule has 0 spiro atoms. The third-order valence-electron chi connectivity index (χ3n) is 4.45. The van der Waals surface area contributed by atoms with Crippen LogP contribution in [0, 0.1) is 6.92 Å². The Morgan fingerprint density at radius 1 is 1.11 bits per heavy atom. The highest BCUT2D eigenvalue weighted by Gasteiger charge is 2.20. The normalized spacial score (nSPS) is 13.5. The van der Waals surface area contributed by atoms with Gasteiger partial charge in [0, 0.05) is 30.8 Å². The fourth-order valence-corrected chi connectivity index (χ4v) is 3.09. The van der Waals surface area contributed by atoms with Crippen molar-refractivity contribution in [3.8, 4) is 0 Å². The van der Waals surface area contributed by atoms with Gasteiger partial charge in [0.15, 0.2) is 0 Å². The van der Waals surface area contributed by atoms with Crippen LogP contribution in [0.5, 0.6) is 0 Å². The van der Waals surface area contributed by atoms with Gasteiger partial charge in [-0.1, -0.05) is 29.8 Å². The van der Waals surface area contributed by atoms with E-state index in [2.05, 4.69) is 10.6 Å². The van der Waals surface area contributed by atoms with Crippen molar-refractivity contribution in [2.75, 3.05) is 18.4 Å². The fourth-order valence-electron chi connectivity index (χ4n) is 3.09. The SMILES string of the molecule is Cc1cccc(C(=O)NCC(=O)Nc2cccc(CN3CCCC3=O)c2)c1. The summed E-state index contributed by atoms with van der Waals surface area (Å²) in [5, 5.41) is 5.40. The van der Waals surface area contributed by atoms with E-state index in [1.54, 1.807) is 24.3 Å². The lowest BCUT2D eigenvalue weighted by atomic mass is 10.1. The van der Waals surface area contributed by atoms with Crippen LogP contribution in [0.4, 0.5) is 5.69 Å². The lowest BCUT2D eigenvalue weighted by Gasteiger charge is -2.16. The zero-order valence-corrected chi connectivity index (χ0v) is 15.3. The van der Waals surface area contributed by atoms with Crippen molar-refractivity contribution in [1.82, 2.24) is 10.2 Å². The summed E-state index contributed by atoms with van der Waals surface area (Å²) in [5.41, 5.74) is 3.13. The maximum absolute atomic E-state index is 12.1. The van der Waals surface area contributed by atoms with E-state index >= 15 is 0 Å². The topological polar surface area (TPSA) is 78.5 Å². The number of carbonyl (C=O) groups is 3. The highest BCUT2D eigenvalue weighted by molar-refractivity contribution is 5.99. The largest absolute Gasteiger partial charge is 0.343 e. The molecule has 0 aromatic heterocycles. The first-order valence-corrected chi connectivity index (χ1v) is 9.03. The van der Waals surface area contributed by atoms with Crippen LogP contribution in [0.25, 0.3) is 0 Å². The van der Waals surface area contributed by atoms with Crippen LogP contribution in [0.1, 0.15) is 34.3 Å². The molecule has 0 saturated carbocycles. The monoisotopic (exact) mass is 365 g/mol. The van der Waals surface area contributed by atoms with Crippen LogP contribution in [0.2, 0.25) is 0 Å². The average molecular weight is 365 g/mol. The minimum atomic E-state index is -0.301. The molecular weight excluding hydrogens is 342 g/mol. The van der Waals surface area contributed by atoms with E-state index in [1.165, 1.54) is 0 Å². The molecule has 1 fully saturated rings. The van der Waals surface area contributed by atoms with Crippen molar-refractivity contribution in [1.29, 1.82) is 0 Å². The lowest BCUT2D eigenvalue weighted by Crippen LogP contribution is -2.32. The van der Waals surface area contributed by atoms with Crippen LogP contribution >= 0.6 is 0 Å². The maximum Gasteiger partial charge on any atom is 0.251 e. The van der Waals surface area contributed by atoms with Gasteiger partial charge >= 0.3 is 0 Å². The molecule has 1 heterocycles. The van der Waals surface area contributed by atoms with Crippen LogP contribution in [0.3, 0.4) is 0 Å². The Labute approximate surface area is 158 Å². The first-order valence-electron chi connectivity index (χ1n) is 9.03. The fraction of sp³-hybridized carbons (Fsp3) is 0.286. The van der Waals surface area contributed by atoms with Gasteiger partial charge in [0.2, 0.25) is 11.8 Å². The van der Waals surface area contributed by atoms with Gasteiger partial charge in [-0.15, -0.1) is 0 Å². The van der Waals surface area contributed by atoms with E-state index in [1.807, 2.05) is 36.1 Å². The van der Waals surface area contributed by atoms with E-state index in [4.69, 9.17) is 0 Å². The van der Waals surface area contributed by atoms with Crippen LogP contribution < -0.4 is 10.6 Å². The first-order chi connectivity index (χ1) is 13.0. The first kappa shape index (κ1) is 18.6. The molecule has 0 radical (unpaired) electrons. The van der Waals surface area contributed by atoms with Gasteiger partial charge in [-0.25, -0.2) is 0 Å². The van der Waals surface area contributed by atoms with Crippen molar-refractivity contribution < 1.29 is 14.4 Å². The number of hydrogen-bond acceptors (Lipinski definition) is 3. The summed E-state index contributed by atoms with van der Waals surface area (Å²) in [4.78, 5) is 37.8. The molecule has 1 aliphatic heterocycles. The molecule has 1 saturated heterocycles. The smallest absolute Gasteiger partial charge is 0.251 e. The van der Waals surface area contributed by atoms with Crippen LogP contribution in [0.15, 0.2) is 48.5 Å². The molecule has 2 aromatic carbocycles. The van der Waals surface area contributed by atoms with Crippen molar-refractivity contribution >= 4 is 23.4 Å². The molecule has 0 aliphatic carbocycles. The number of benzene rings is 2. The Morgan fingerprint density at radius 2 is 1.93 bits per heavy atom. The highest BCUT2D eigenvalue weighted by atomic mass is 16.2. The molecular formula is C21H23N3O3. The molecule has 1 aliphatic rings. The number of carbonyl (C=O) groups excluding carboxylic acids is 3. The molecule has 140 valence electrons. The molecule has 27 heavy (non-hydrogen) atoms. The number of anilines is 1. The molecule has 6 heteroatoms. The Hall–Kier alpha value is -3.15. The summed E-state index contributed by atoms with van der Waals surface area (Å²) >= 11 is 0.